The number of nitrogens with zero attached hydrogens (tertiary/aromatic N) is 2. The van der Waals surface area contributed by atoms with Gasteiger partial charge in [0.25, 0.3) is 0 Å². The van der Waals surface area contributed by atoms with Crippen LogP contribution in [0.4, 0.5) is 0 Å². The summed E-state index contributed by atoms with van der Waals surface area (Å²) in [7, 11) is -0.434. The van der Waals surface area contributed by atoms with E-state index in [4.69, 9.17) is 5.26 Å². The summed E-state index contributed by atoms with van der Waals surface area (Å²) in [5.74, 6) is -1.28. The topological polar surface area (TPSA) is 90.3 Å². The summed E-state index contributed by atoms with van der Waals surface area (Å²) < 4.78 is 23.8. The Labute approximate surface area is 96.3 Å². The zero-order valence-electron chi connectivity index (χ0n) is 9.73. The van der Waals surface area contributed by atoms with Crippen LogP contribution in [0.2, 0.25) is 0 Å². The van der Waals surface area contributed by atoms with Crippen LogP contribution in [-0.4, -0.2) is 45.0 Å². The van der Waals surface area contributed by atoms with Gasteiger partial charge in [0.1, 0.15) is 5.92 Å². The van der Waals surface area contributed by atoms with Gasteiger partial charge in [-0.25, -0.2) is 12.7 Å². The molecule has 0 heterocycles. The van der Waals surface area contributed by atoms with Crippen LogP contribution < -0.4 is 5.32 Å². The first kappa shape index (κ1) is 14.9. The molecule has 0 rings (SSSR count). The average Bonchev–Trinajstić information content (AvgIpc) is 2.19. The Morgan fingerprint density at radius 1 is 1.50 bits per heavy atom. The van der Waals surface area contributed by atoms with Gasteiger partial charge in [0.15, 0.2) is 0 Å². The number of carbonyl (C=O) groups excluding carboxylic acids is 1. The second kappa shape index (κ2) is 6.45. The van der Waals surface area contributed by atoms with Gasteiger partial charge in [-0.2, -0.15) is 5.26 Å². The van der Waals surface area contributed by atoms with Crippen LogP contribution in [0.15, 0.2) is 0 Å². The second-order valence-corrected chi connectivity index (χ2v) is 5.78. The van der Waals surface area contributed by atoms with Gasteiger partial charge in [0, 0.05) is 20.6 Å². The molecule has 0 bridgehead atoms. The molecule has 7 heteroatoms. The fourth-order valence-corrected chi connectivity index (χ4v) is 1.67. The lowest BCUT2D eigenvalue weighted by atomic mass is 10.1. The summed E-state index contributed by atoms with van der Waals surface area (Å²) >= 11 is 0. The molecular formula is C9H17N3O3S. The number of nitriles is 1. The first-order valence-corrected chi connectivity index (χ1v) is 6.53. The van der Waals surface area contributed by atoms with Crippen molar-refractivity contribution < 1.29 is 13.2 Å². The number of rotatable bonds is 6. The number of amides is 1. The molecule has 0 aromatic carbocycles. The molecule has 1 amide bonds. The van der Waals surface area contributed by atoms with E-state index in [-0.39, 0.29) is 12.3 Å². The molecule has 0 spiro atoms. The Balaban J connectivity index is 4.11. The van der Waals surface area contributed by atoms with Crippen molar-refractivity contribution in [3.8, 4) is 6.07 Å². The minimum atomic E-state index is -3.30. The van der Waals surface area contributed by atoms with Crippen molar-refractivity contribution in [3.05, 3.63) is 0 Å². The van der Waals surface area contributed by atoms with Crippen molar-refractivity contribution in [2.45, 2.75) is 13.3 Å². The van der Waals surface area contributed by atoms with Gasteiger partial charge in [-0.3, -0.25) is 4.79 Å². The van der Waals surface area contributed by atoms with Gasteiger partial charge >= 0.3 is 0 Å². The molecule has 0 saturated carbocycles. The summed E-state index contributed by atoms with van der Waals surface area (Å²) in [6, 6.07) is 1.85. The number of hydrogen-bond acceptors (Lipinski definition) is 4. The smallest absolute Gasteiger partial charge is 0.237 e. The molecule has 0 aromatic rings. The third-order valence-electron chi connectivity index (χ3n) is 2.10. The molecule has 0 aliphatic carbocycles. The molecular weight excluding hydrogens is 230 g/mol. The first-order valence-electron chi connectivity index (χ1n) is 4.92. The maximum atomic E-state index is 11.3. The Morgan fingerprint density at radius 3 is 2.44 bits per heavy atom. The summed E-state index contributed by atoms with van der Waals surface area (Å²) in [4.78, 5) is 11.3. The molecule has 0 aliphatic heterocycles. The highest BCUT2D eigenvalue weighted by Crippen LogP contribution is 2.00. The number of sulfonamides is 1. The molecule has 1 N–H and O–H groups in total. The standard InChI is InChI=1S/C9H17N3O3S/c1-4-8(7-10)9(13)11-5-6-16(14,15)12(2)3/h8H,4-6H2,1-3H3,(H,11,13). The van der Waals surface area contributed by atoms with Crippen LogP contribution in [-0.2, 0) is 14.8 Å². The SMILES string of the molecule is CCC(C#N)C(=O)NCCS(=O)(=O)N(C)C. The van der Waals surface area contributed by atoms with E-state index in [1.165, 1.54) is 14.1 Å². The van der Waals surface area contributed by atoms with Gasteiger partial charge < -0.3 is 5.32 Å². The molecule has 0 saturated heterocycles. The van der Waals surface area contributed by atoms with Gasteiger partial charge in [0.2, 0.25) is 15.9 Å². The van der Waals surface area contributed by atoms with E-state index < -0.39 is 21.8 Å². The lowest BCUT2D eigenvalue weighted by Crippen LogP contribution is -2.36. The zero-order valence-corrected chi connectivity index (χ0v) is 10.5. The van der Waals surface area contributed by atoms with E-state index in [0.29, 0.717) is 6.42 Å². The summed E-state index contributed by atoms with van der Waals surface area (Å²) in [5.41, 5.74) is 0. The molecule has 0 radical (unpaired) electrons. The summed E-state index contributed by atoms with van der Waals surface area (Å²) in [6.07, 6.45) is 0.419. The van der Waals surface area contributed by atoms with Gasteiger partial charge in [0.05, 0.1) is 11.8 Å². The van der Waals surface area contributed by atoms with Crippen LogP contribution >= 0.6 is 0 Å². The predicted molar refractivity (Wildman–Crippen MR) is 59.9 cm³/mol. The largest absolute Gasteiger partial charge is 0.354 e. The van der Waals surface area contributed by atoms with Crippen molar-refractivity contribution in [1.29, 1.82) is 5.26 Å². The highest BCUT2D eigenvalue weighted by molar-refractivity contribution is 7.89. The molecule has 0 aromatic heterocycles. The molecule has 0 aliphatic rings. The minimum Gasteiger partial charge on any atom is -0.354 e. The van der Waals surface area contributed by atoms with E-state index in [0.717, 1.165) is 4.31 Å². The van der Waals surface area contributed by atoms with Crippen molar-refractivity contribution >= 4 is 15.9 Å². The van der Waals surface area contributed by atoms with Crippen LogP contribution in [0.5, 0.6) is 0 Å². The maximum Gasteiger partial charge on any atom is 0.237 e. The Bertz CT molecular complexity index is 370. The summed E-state index contributed by atoms with van der Waals surface area (Å²) in [5, 5.41) is 11.0. The molecule has 1 unspecified atom stereocenters. The van der Waals surface area contributed by atoms with Crippen LogP contribution in [0.1, 0.15) is 13.3 Å². The number of carbonyl (C=O) groups is 1. The van der Waals surface area contributed by atoms with E-state index in [2.05, 4.69) is 5.32 Å². The highest BCUT2D eigenvalue weighted by atomic mass is 32.2. The fourth-order valence-electron chi connectivity index (χ4n) is 0.944. The van der Waals surface area contributed by atoms with Crippen LogP contribution in [0, 0.1) is 17.2 Å². The average molecular weight is 247 g/mol. The third kappa shape index (κ3) is 4.59. The van der Waals surface area contributed by atoms with Crippen molar-refractivity contribution in [2.75, 3.05) is 26.4 Å². The van der Waals surface area contributed by atoms with Crippen molar-refractivity contribution in [1.82, 2.24) is 9.62 Å². The molecule has 0 fully saturated rings. The second-order valence-electron chi connectivity index (χ2n) is 3.48. The molecule has 92 valence electrons. The number of hydrogen-bond donors (Lipinski definition) is 1. The predicted octanol–water partition coefficient (Wildman–Crippen LogP) is -0.456. The van der Waals surface area contributed by atoms with E-state index >= 15 is 0 Å². The maximum absolute atomic E-state index is 11.3. The van der Waals surface area contributed by atoms with E-state index in [9.17, 15) is 13.2 Å². The van der Waals surface area contributed by atoms with E-state index in [1.54, 1.807) is 6.92 Å². The fraction of sp³-hybridized carbons (Fsp3) is 0.778. The van der Waals surface area contributed by atoms with Crippen molar-refractivity contribution in [3.63, 3.8) is 0 Å². The lowest BCUT2D eigenvalue weighted by molar-refractivity contribution is -0.123. The normalized spacial score (nSPS) is 13.2. The summed E-state index contributed by atoms with van der Waals surface area (Å²) in [6.45, 7) is 1.75. The monoisotopic (exact) mass is 247 g/mol. The lowest BCUT2D eigenvalue weighted by Gasteiger charge is -2.12. The molecule has 6 nitrogen and oxygen atoms in total. The Morgan fingerprint density at radius 2 is 2.06 bits per heavy atom. The molecule has 1 atom stereocenters. The minimum absolute atomic E-state index is 0.0253. The van der Waals surface area contributed by atoms with E-state index in [1.807, 2.05) is 6.07 Å². The number of nitrogens with one attached hydrogen (secondary N) is 1. The quantitative estimate of drug-likeness (QED) is 0.688. The highest BCUT2D eigenvalue weighted by Gasteiger charge is 2.17. The van der Waals surface area contributed by atoms with Gasteiger partial charge in [-0.1, -0.05) is 6.92 Å². The van der Waals surface area contributed by atoms with Gasteiger partial charge in [-0.05, 0) is 6.42 Å². The third-order valence-corrected chi connectivity index (χ3v) is 3.93. The Hall–Kier alpha value is -1.13. The Kier molecular flexibility index (Phi) is 6.00. The van der Waals surface area contributed by atoms with Crippen molar-refractivity contribution in [2.24, 2.45) is 5.92 Å². The zero-order chi connectivity index (χ0) is 12.8. The molecule has 16 heavy (non-hydrogen) atoms. The van der Waals surface area contributed by atoms with Gasteiger partial charge in [-0.15, -0.1) is 0 Å². The first-order chi connectivity index (χ1) is 7.35. The van der Waals surface area contributed by atoms with Crippen LogP contribution in [0.25, 0.3) is 0 Å². The van der Waals surface area contributed by atoms with Crippen LogP contribution in [0.3, 0.4) is 0 Å².